The highest BCUT2D eigenvalue weighted by Crippen LogP contribution is 2.30. The monoisotopic (exact) mass is 283 g/mol. The van der Waals surface area contributed by atoms with Crippen LogP contribution in [0, 0.1) is 0 Å². The molecule has 1 aromatic carbocycles. The van der Waals surface area contributed by atoms with Gasteiger partial charge in [0.25, 0.3) is 0 Å². The fourth-order valence-electron chi connectivity index (χ4n) is 1.96. The minimum atomic E-state index is 0.808. The number of methoxy groups -OCH3 is 1. The number of rotatable bonds is 5. The summed E-state index contributed by atoms with van der Waals surface area (Å²) in [4.78, 5) is 2.53. The summed E-state index contributed by atoms with van der Waals surface area (Å²) in [6, 6.07) is 6.98. The van der Waals surface area contributed by atoms with E-state index in [-0.39, 0.29) is 0 Å². The Balaban J connectivity index is 2.11. The van der Waals surface area contributed by atoms with Crippen LogP contribution in [0.5, 0.6) is 5.75 Å². The third-order valence-corrected chi connectivity index (χ3v) is 3.87. The molecule has 1 fully saturated rings. The molecule has 0 saturated heterocycles. The molecule has 0 amide bonds. The molecule has 0 bridgehead atoms. The Bertz CT molecular complexity index is 363. The van der Waals surface area contributed by atoms with Gasteiger partial charge in [0, 0.05) is 17.1 Å². The molecule has 2 rings (SSSR count). The summed E-state index contributed by atoms with van der Waals surface area (Å²) >= 11 is 3.60. The van der Waals surface area contributed by atoms with E-state index in [9.17, 15) is 0 Å². The molecule has 0 spiro atoms. The number of hydrogen-bond acceptors (Lipinski definition) is 2. The zero-order chi connectivity index (χ0) is 11.5. The first-order valence-corrected chi connectivity index (χ1v) is 6.60. The molecule has 0 heterocycles. The van der Waals surface area contributed by atoms with Gasteiger partial charge in [-0.25, -0.2) is 0 Å². The van der Waals surface area contributed by atoms with E-state index in [1.54, 1.807) is 7.11 Å². The van der Waals surface area contributed by atoms with Crippen LogP contribution >= 0.6 is 15.9 Å². The summed E-state index contributed by atoms with van der Waals surface area (Å²) in [5, 5.41) is 0. The number of ether oxygens (including phenoxy) is 1. The predicted octanol–water partition coefficient (Wildman–Crippen LogP) is 3.44. The number of halogens is 1. The summed E-state index contributed by atoms with van der Waals surface area (Å²) in [6.45, 7) is 4.36. The molecule has 3 heteroatoms. The molecule has 0 aromatic heterocycles. The zero-order valence-electron chi connectivity index (χ0n) is 9.87. The minimum Gasteiger partial charge on any atom is -0.497 e. The number of benzene rings is 1. The molecule has 1 saturated carbocycles. The Kier molecular flexibility index (Phi) is 3.87. The van der Waals surface area contributed by atoms with Gasteiger partial charge in [-0.1, -0.05) is 22.9 Å². The van der Waals surface area contributed by atoms with E-state index in [1.807, 2.05) is 6.07 Å². The van der Waals surface area contributed by atoms with Crippen LogP contribution in [0.25, 0.3) is 0 Å². The lowest BCUT2D eigenvalue weighted by Crippen LogP contribution is -2.25. The van der Waals surface area contributed by atoms with Crippen LogP contribution < -0.4 is 4.74 Å². The first-order valence-electron chi connectivity index (χ1n) is 5.81. The first-order chi connectivity index (χ1) is 7.74. The van der Waals surface area contributed by atoms with Gasteiger partial charge in [-0.15, -0.1) is 0 Å². The van der Waals surface area contributed by atoms with Gasteiger partial charge in [-0.05, 0) is 43.1 Å². The van der Waals surface area contributed by atoms with Gasteiger partial charge in [0.2, 0.25) is 0 Å². The maximum Gasteiger partial charge on any atom is 0.119 e. The molecule has 2 nitrogen and oxygen atoms in total. The standard InChI is InChI=1S/C13H18BrNO/c1-3-15(11-4-5-11)9-10-8-12(16-2)6-7-13(10)14/h6-8,11H,3-5,9H2,1-2H3. The van der Waals surface area contributed by atoms with E-state index in [1.165, 1.54) is 22.9 Å². The van der Waals surface area contributed by atoms with Gasteiger partial charge < -0.3 is 4.74 Å². The lowest BCUT2D eigenvalue weighted by molar-refractivity contribution is 0.268. The summed E-state index contributed by atoms with van der Waals surface area (Å²) in [5.74, 6) is 0.935. The van der Waals surface area contributed by atoms with Gasteiger partial charge in [0.1, 0.15) is 5.75 Å². The molecule has 88 valence electrons. The maximum absolute atomic E-state index is 5.26. The van der Waals surface area contributed by atoms with Gasteiger partial charge in [-0.2, -0.15) is 0 Å². The molecule has 0 atom stereocenters. The summed E-state index contributed by atoms with van der Waals surface area (Å²) in [7, 11) is 1.71. The molecule has 1 aliphatic carbocycles. The normalized spacial score (nSPS) is 15.5. The van der Waals surface area contributed by atoms with Crippen molar-refractivity contribution in [3.63, 3.8) is 0 Å². The number of nitrogens with zero attached hydrogens (tertiary/aromatic N) is 1. The minimum absolute atomic E-state index is 0.808. The average molecular weight is 284 g/mol. The molecular formula is C13H18BrNO. The van der Waals surface area contributed by atoms with E-state index in [2.05, 4.69) is 39.9 Å². The molecule has 1 aromatic rings. The summed E-state index contributed by atoms with van der Waals surface area (Å²) < 4.78 is 6.44. The molecule has 0 unspecified atom stereocenters. The predicted molar refractivity (Wildman–Crippen MR) is 69.8 cm³/mol. The van der Waals surface area contributed by atoms with Crippen molar-refractivity contribution in [1.82, 2.24) is 4.90 Å². The zero-order valence-corrected chi connectivity index (χ0v) is 11.5. The van der Waals surface area contributed by atoms with E-state index in [0.29, 0.717) is 0 Å². The summed E-state index contributed by atoms with van der Waals surface area (Å²) in [6.07, 6.45) is 2.71. The van der Waals surface area contributed by atoms with Crippen LogP contribution in [0.3, 0.4) is 0 Å². The highest BCUT2D eigenvalue weighted by molar-refractivity contribution is 9.10. The lowest BCUT2D eigenvalue weighted by atomic mass is 10.2. The fourth-order valence-corrected chi connectivity index (χ4v) is 2.33. The summed E-state index contributed by atoms with van der Waals surface area (Å²) in [5.41, 5.74) is 1.31. The maximum atomic E-state index is 5.26. The molecule has 0 N–H and O–H groups in total. The van der Waals surface area contributed by atoms with E-state index < -0.39 is 0 Å². The highest BCUT2D eigenvalue weighted by atomic mass is 79.9. The topological polar surface area (TPSA) is 12.5 Å². The number of hydrogen-bond donors (Lipinski definition) is 0. The molecule has 16 heavy (non-hydrogen) atoms. The van der Waals surface area contributed by atoms with Crippen LogP contribution in [0.15, 0.2) is 22.7 Å². The third-order valence-electron chi connectivity index (χ3n) is 3.10. The second-order valence-electron chi connectivity index (χ2n) is 4.25. The van der Waals surface area contributed by atoms with Crippen molar-refractivity contribution in [3.8, 4) is 5.75 Å². The van der Waals surface area contributed by atoms with E-state index >= 15 is 0 Å². The van der Waals surface area contributed by atoms with Gasteiger partial charge in [0.15, 0.2) is 0 Å². The average Bonchev–Trinajstić information content (AvgIpc) is 3.12. The first kappa shape index (κ1) is 11.9. The Labute approximate surface area is 106 Å². The van der Waals surface area contributed by atoms with Gasteiger partial charge in [-0.3, -0.25) is 4.90 Å². The van der Waals surface area contributed by atoms with Crippen molar-refractivity contribution in [2.24, 2.45) is 0 Å². The quantitative estimate of drug-likeness (QED) is 0.821. The van der Waals surface area contributed by atoms with Gasteiger partial charge >= 0.3 is 0 Å². The van der Waals surface area contributed by atoms with Crippen molar-refractivity contribution in [2.45, 2.75) is 32.4 Å². The van der Waals surface area contributed by atoms with Crippen molar-refractivity contribution in [1.29, 1.82) is 0 Å². The Hall–Kier alpha value is -0.540. The molecule has 0 aliphatic heterocycles. The van der Waals surface area contributed by atoms with Crippen molar-refractivity contribution in [2.75, 3.05) is 13.7 Å². The Morgan fingerprint density at radius 1 is 1.44 bits per heavy atom. The molecule has 1 aliphatic rings. The van der Waals surface area contributed by atoms with E-state index in [0.717, 1.165) is 24.9 Å². The SMILES string of the molecule is CCN(Cc1cc(OC)ccc1Br)C1CC1. The lowest BCUT2D eigenvalue weighted by Gasteiger charge is -2.20. The highest BCUT2D eigenvalue weighted by Gasteiger charge is 2.27. The third kappa shape index (κ3) is 2.77. The molecular weight excluding hydrogens is 266 g/mol. The van der Waals surface area contributed by atoms with Gasteiger partial charge in [0.05, 0.1) is 7.11 Å². The van der Waals surface area contributed by atoms with Crippen LogP contribution in [-0.2, 0) is 6.54 Å². The van der Waals surface area contributed by atoms with Crippen molar-refractivity contribution >= 4 is 15.9 Å². The smallest absolute Gasteiger partial charge is 0.119 e. The van der Waals surface area contributed by atoms with Crippen LogP contribution in [0.4, 0.5) is 0 Å². The van der Waals surface area contributed by atoms with Crippen LogP contribution in [-0.4, -0.2) is 24.6 Å². The van der Waals surface area contributed by atoms with Crippen molar-refractivity contribution < 1.29 is 4.74 Å². The van der Waals surface area contributed by atoms with Crippen LogP contribution in [0.2, 0.25) is 0 Å². The second kappa shape index (κ2) is 5.19. The van der Waals surface area contributed by atoms with E-state index in [4.69, 9.17) is 4.74 Å². The fraction of sp³-hybridized carbons (Fsp3) is 0.538. The molecule has 0 radical (unpaired) electrons. The Morgan fingerprint density at radius 2 is 2.19 bits per heavy atom. The largest absolute Gasteiger partial charge is 0.497 e. The van der Waals surface area contributed by atoms with Crippen LogP contribution in [0.1, 0.15) is 25.3 Å². The Morgan fingerprint density at radius 3 is 2.75 bits per heavy atom. The van der Waals surface area contributed by atoms with Crippen molar-refractivity contribution in [3.05, 3.63) is 28.2 Å². The second-order valence-corrected chi connectivity index (χ2v) is 5.11.